The van der Waals surface area contributed by atoms with Crippen molar-refractivity contribution in [1.29, 1.82) is 0 Å². The van der Waals surface area contributed by atoms with Crippen LogP contribution in [-0.2, 0) is 18.6 Å². The molecule has 0 radical (unpaired) electrons. The fourth-order valence-electron chi connectivity index (χ4n) is 4.08. The molecule has 1 unspecified atom stereocenters. The van der Waals surface area contributed by atoms with E-state index in [-0.39, 0.29) is 0 Å². The minimum atomic E-state index is -1.38. The normalized spacial score (nSPS) is 13.3. The second-order valence-electron chi connectivity index (χ2n) is 7.94. The zero-order valence-electron chi connectivity index (χ0n) is 17.6. The van der Waals surface area contributed by atoms with Gasteiger partial charge in [0.25, 0.3) is 0 Å². The Kier molecular flexibility index (Phi) is 5.55. The fraction of sp³-hybridized carbons (Fsp3) is 0.154. The molecule has 0 aliphatic heterocycles. The second-order valence-corrected chi connectivity index (χ2v) is 9.27. The molecular formula is C26H22ClN3OS. The van der Waals surface area contributed by atoms with Crippen LogP contribution < -0.4 is 0 Å². The number of hydrogen-bond acceptors (Lipinski definition) is 4. The summed E-state index contributed by atoms with van der Waals surface area (Å²) >= 11 is 7.53. The Morgan fingerprint density at radius 3 is 2.56 bits per heavy atom. The maximum atomic E-state index is 12.0. The molecule has 5 aromatic rings. The van der Waals surface area contributed by atoms with Crippen molar-refractivity contribution in [2.24, 2.45) is 0 Å². The van der Waals surface area contributed by atoms with Crippen molar-refractivity contribution in [3.63, 3.8) is 0 Å². The molecule has 3 aromatic carbocycles. The van der Waals surface area contributed by atoms with Crippen LogP contribution >= 0.6 is 22.9 Å². The van der Waals surface area contributed by atoms with Gasteiger partial charge in [-0.2, -0.15) is 0 Å². The van der Waals surface area contributed by atoms with Crippen LogP contribution in [0.3, 0.4) is 0 Å². The molecule has 160 valence electrons. The fourth-order valence-corrected chi connectivity index (χ4v) is 4.99. The number of nitrogens with zero attached hydrogens (tertiary/aromatic N) is 3. The number of benzene rings is 3. The molecule has 1 atom stereocenters. The van der Waals surface area contributed by atoms with Gasteiger partial charge < -0.3 is 9.67 Å². The Morgan fingerprint density at radius 2 is 1.81 bits per heavy atom. The standard InChI is InChI=1S/C26H22ClN3OS/c1-18-3-2-4-19(15-18)11-13-30-17-29-23-10-7-21(16-24(23)30)26(31,25-28-12-14-32-25)20-5-8-22(27)9-6-20/h2-10,12,14-17,31H,11,13H2,1H3. The lowest BCUT2D eigenvalue weighted by atomic mass is 9.86. The van der Waals surface area contributed by atoms with Crippen LogP contribution in [0.1, 0.15) is 27.3 Å². The molecule has 0 saturated heterocycles. The molecule has 4 nitrogen and oxygen atoms in total. The predicted molar refractivity (Wildman–Crippen MR) is 130 cm³/mol. The quantitative estimate of drug-likeness (QED) is 0.339. The largest absolute Gasteiger partial charge is 0.374 e. The Labute approximate surface area is 195 Å². The van der Waals surface area contributed by atoms with E-state index < -0.39 is 5.60 Å². The van der Waals surface area contributed by atoms with E-state index in [9.17, 15) is 5.11 Å². The van der Waals surface area contributed by atoms with Gasteiger partial charge in [0.15, 0.2) is 5.60 Å². The summed E-state index contributed by atoms with van der Waals surface area (Å²) < 4.78 is 2.14. The van der Waals surface area contributed by atoms with Gasteiger partial charge >= 0.3 is 0 Å². The van der Waals surface area contributed by atoms with Crippen molar-refractivity contribution in [2.75, 3.05) is 0 Å². The summed E-state index contributed by atoms with van der Waals surface area (Å²) in [5.74, 6) is 0. The number of aromatic nitrogens is 3. The molecule has 0 saturated carbocycles. The zero-order valence-corrected chi connectivity index (χ0v) is 19.1. The summed E-state index contributed by atoms with van der Waals surface area (Å²) in [6, 6.07) is 21.8. The average Bonchev–Trinajstić information content (AvgIpc) is 3.48. The number of hydrogen-bond donors (Lipinski definition) is 1. The average molecular weight is 460 g/mol. The van der Waals surface area contributed by atoms with Gasteiger partial charge in [-0.05, 0) is 54.3 Å². The highest BCUT2D eigenvalue weighted by Crippen LogP contribution is 2.39. The first kappa shape index (κ1) is 20.9. The molecule has 0 spiro atoms. The van der Waals surface area contributed by atoms with Crippen molar-refractivity contribution in [3.8, 4) is 0 Å². The van der Waals surface area contributed by atoms with Crippen LogP contribution in [0, 0.1) is 6.92 Å². The van der Waals surface area contributed by atoms with Crippen LogP contribution in [0.25, 0.3) is 11.0 Å². The van der Waals surface area contributed by atoms with Crippen molar-refractivity contribution in [2.45, 2.75) is 25.5 Å². The SMILES string of the molecule is Cc1cccc(CCn2cnc3ccc(C(O)(c4ccc(Cl)cc4)c4nccs4)cc32)c1. The van der Waals surface area contributed by atoms with Crippen LogP contribution in [-0.4, -0.2) is 19.6 Å². The molecule has 5 rings (SSSR count). The minimum absolute atomic E-state index is 0.616. The van der Waals surface area contributed by atoms with Gasteiger partial charge in [-0.15, -0.1) is 11.3 Å². The molecule has 0 amide bonds. The first-order valence-corrected chi connectivity index (χ1v) is 11.7. The van der Waals surface area contributed by atoms with E-state index in [4.69, 9.17) is 11.6 Å². The molecule has 6 heteroatoms. The molecule has 0 bridgehead atoms. The number of thiazole rings is 1. The molecule has 32 heavy (non-hydrogen) atoms. The molecule has 1 N–H and O–H groups in total. The Bertz CT molecular complexity index is 1360. The summed E-state index contributed by atoms with van der Waals surface area (Å²) in [4.78, 5) is 9.02. The Balaban J connectivity index is 1.56. The number of halogens is 1. The monoisotopic (exact) mass is 459 g/mol. The lowest BCUT2D eigenvalue weighted by Gasteiger charge is -2.27. The Hall–Kier alpha value is -2.99. The van der Waals surface area contributed by atoms with Crippen LogP contribution in [0.5, 0.6) is 0 Å². The molecule has 0 aliphatic carbocycles. The lowest BCUT2D eigenvalue weighted by molar-refractivity contribution is 0.125. The van der Waals surface area contributed by atoms with Gasteiger partial charge in [0.1, 0.15) is 5.01 Å². The van der Waals surface area contributed by atoms with Gasteiger partial charge in [0.2, 0.25) is 0 Å². The molecule has 0 aliphatic rings. The summed E-state index contributed by atoms with van der Waals surface area (Å²) in [6.07, 6.45) is 4.49. The molecule has 2 aromatic heterocycles. The highest BCUT2D eigenvalue weighted by molar-refractivity contribution is 7.09. The van der Waals surface area contributed by atoms with Crippen molar-refractivity contribution < 1.29 is 5.11 Å². The lowest BCUT2D eigenvalue weighted by Crippen LogP contribution is -2.28. The number of aliphatic hydroxyl groups is 1. The van der Waals surface area contributed by atoms with E-state index in [2.05, 4.69) is 45.7 Å². The maximum absolute atomic E-state index is 12.0. The molecule has 0 fully saturated rings. The summed E-state index contributed by atoms with van der Waals surface area (Å²) in [7, 11) is 0. The van der Waals surface area contributed by atoms with Crippen LogP contribution in [0.15, 0.2) is 84.6 Å². The molecular weight excluding hydrogens is 438 g/mol. The van der Waals surface area contributed by atoms with Gasteiger partial charge in [-0.25, -0.2) is 9.97 Å². The topological polar surface area (TPSA) is 50.9 Å². The first-order valence-electron chi connectivity index (χ1n) is 10.4. The maximum Gasteiger partial charge on any atom is 0.166 e. The smallest absolute Gasteiger partial charge is 0.166 e. The van der Waals surface area contributed by atoms with Crippen molar-refractivity contribution in [3.05, 3.63) is 117 Å². The van der Waals surface area contributed by atoms with Crippen molar-refractivity contribution in [1.82, 2.24) is 14.5 Å². The van der Waals surface area contributed by atoms with E-state index in [1.54, 1.807) is 18.3 Å². The summed E-state index contributed by atoms with van der Waals surface area (Å²) in [5, 5.41) is 15.1. The molecule has 2 heterocycles. The number of rotatable bonds is 6. The number of fused-ring (bicyclic) bond motifs is 1. The number of aryl methyl sites for hydroxylation is 3. The Morgan fingerprint density at radius 1 is 1.00 bits per heavy atom. The zero-order chi connectivity index (χ0) is 22.1. The summed E-state index contributed by atoms with van der Waals surface area (Å²) in [5.41, 5.74) is 4.54. The second kappa shape index (κ2) is 8.51. The number of imidazole rings is 1. The van der Waals surface area contributed by atoms with Gasteiger partial charge in [-0.1, -0.05) is 59.6 Å². The highest BCUT2D eigenvalue weighted by atomic mass is 35.5. The van der Waals surface area contributed by atoms with E-state index in [0.717, 1.165) is 35.1 Å². The first-order chi connectivity index (χ1) is 15.5. The van der Waals surface area contributed by atoms with E-state index in [1.165, 1.54) is 22.5 Å². The van der Waals surface area contributed by atoms with E-state index in [1.807, 2.05) is 42.0 Å². The van der Waals surface area contributed by atoms with Gasteiger partial charge in [-0.3, -0.25) is 0 Å². The summed E-state index contributed by atoms with van der Waals surface area (Å²) in [6.45, 7) is 2.92. The third-order valence-corrected chi connectivity index (χ3v) is 6.90. The van der Waals surface area contributed by atoms with E-state index in [0.29, 0.717) is 10.0 Å². The van der Waals surface area contributed by atoms with Gasteiger partial charge in [0, 0.05) is 23.1 Å². The van der Waals surface area contributed by atoms with Crippen LogP contribution in [0.2, 0.25) is 5.02 Å². The third kappa shape index (κ3) is 3.84. The third-order valence-electron chi connectivity index (χ3n) is 5.77. The van der Waals surface area contributed by atoms with Crippen molar-refractivity contribution >= 4 is 34.0 Å². The minimum Gasteiger partial charge on any atom is -0.374 e. The highest BCUT2D eigenvalue weighted by Gasteiger charge is 2.36. The van der Waals surface area contributed by atoms with Crippen LogP contribution in [0.4, 0.5) is 0 Å². The van der Waals surface area contributed by atoms with E-state index >= 15 is 0 Å². The van der Waals surface area contributed by atoms with Gasteiger partial charge in [0.05, 0.1) is 17.4 Å². The predicted octanol–water partition coefficient (Wildman–Crippen LogP) is 5.98.